The minimum atomic E-state index is -3.71. The highest BCUT2D eigenvalue weighted by Gasteiger charge is 2.26. The second-order valence-corrected chi connectivity index (χ2v) is 11.8. The van der Waals surface area contributed by atoms with E-state index in [0.717, 1.165) is 30.7 Å². The Bertz CT molecular complexity index is 1120. The molecule has 0 unspecified atom stereocenters. The molecule has 2 N–H and O–H groups in total. The van der Waals surface area contributed by atoms with Crippen LogP contribution in [-0.2, 0) is 19.9 Å². The number of nitrogens with one attached hydrogen (secondary N) is 2. The summed E-state index contributed by atoms with van der Waals surface area (Å²) in [5.41, 5.74) is 0. The maximum absolute atomic E-state index is 12.7. The Balaban J connectivity index is 1.58. The summed E-state index contributed by atoms with van der Waals surface area (Å²) >= 11 is 0. The van der Waals surface area contributed by atoms with Crippen LogP contribution in [0.3, 0.4) is 0 Å². The molecule has 2 aromatic rings. The molecular weight excluding hydrogens is 438 g/mol. The normalized spacial score (nSPS) is 19.7. The number of sulfonamides is 1. The largest absolute Gasteiger partial charge is 0.367 e. The fourth-order valence-corrected chi connectivity index (χ4v) is 5.51. The van der Waals surface area contributed by atoms with Gasteiger partial charge in [-0.3, -0.25) is 0 Å². The smallest absolute Gasteiger partial charge is 0.240 e. The molecule has 1 aliphatic carbocycles. The first-order valence-electron chi connectivity index (χ1n) is 10.1. The third-order valence-corrected chi connectivity index (χ3v) is 7.91. The lowest BCUT2D eigenvalue weighted by atomic mass is 9.92. The van der Waals surface area contributed by atoms with E-state index in [9.17, 15) is 16.8 Å². The van der Waals surface area contributed by atoms with Crippen LogP contribution in [0.4, 0.5) is 11.6 Å². The van der Waals surface area contributed by atoms with Gasteiger partial charge >= 0.3 is 0 Å². The SMILES string of the molecule is Cc1nc(NC2CCC(NS(=O)(=O)c3ccc(S(C)(=O)=O)cc3)CC2)cc(N(C)C)n1. The van der Waals surface area contributed by atoms with Crippen molar-refractivity contribution in [2.75, 3.05) is 30.6 Å². The van der Waals surface area contributed by atoms with Crippen LogP contribution in [0.15, 0.2) is 40.1 Å². The molecule has 9 nitrogen and oxygen atoms in total. The van der Waals surface area contributed by atoms with Gasteiger partial charge in [0.05, 0.1) is 9.79 Å². The number of hydrogen-bond donors (Lipinski definition) is 2. The Morgan fingerprint density at radius 3 is 2.00 bits per heavy atom. The van der Waals surface area contributed by atoms with Gasteiger partial charge in [-0.2, -0.15) is 0 Å². The monoisotopic (exact) mass is 467 g/mol. The fraction of sp³-hybridized carbons (Fsp3) is 0.500. The van der Waals surface area contributed by atoms with Gasteiger partial charge in [-0.1, -0.05) is 0 Å². The molecule has 0 bridgehead atoms. The van der Waals surface area contributed by atoms with Gasteiger partial charge < -0.3 is 10.2 Å². The molecular formula is C20H29N5O4S2. The van der Waals surface area contributed by atoms with Crippen LogP contribution in [0.25, 0.3) is 0 Å². The molecule has 1 aromatic carbocycles. The number of aryl methyl sites for hydroxylation is 1. The van der Waals surface area contributed by atoms with Crippen molar-refractivity contribution in [3.8, 4) is 0 Å². The van der Waals surface area contributed by atoms with Crippen molar-refractivity contribution in [2.45, 2.75) is 54.5 Å². The van der Waals surface area contributed by atoms with Crippen LogP contribution in [-0.4, -0.2) is 59.2 Å². The molecule has 0 spiro atoms. The van der Waals surface area contributed by atoms with E-state index in [1.807, 2.05) is 32.0 Å². The van der Waals surface area contributed by atoms with Gasteiger partial charge in [0, 0.05) is 38.5 Å². The highest BCUT2D eigenvalue weighted by molar-refractivity contribution is 7.90. The molecule has 0 amide bonds. The van der Waals surface area contributed by atoms with E-state index in [2.05, 4.69) is 20.0 Å². The quantitative estimate of drug-likeness (QED) is 0.634. The minimum absolute atomic E-state index is 0.0628. The number of sulfone groups is 1. The zero-order valence-electron chi connectivity index (χ0n) is 18.2. The lowest BCUT2D eigenvalue weighted by molar-refractivity contribution is 0.387. The Hall–Kier alpha value is -2.24. The average molecular weight is 468 g/mol. The summed E-state index contributed by atoms with van der Waals surface area (Å²) in [7, 11) is -3.22. The van der Waals surface area contributed by atoms with Crippen LogP contribution >= 0.6 is 0 Å². The van der Waals surface area contributed by atoms with E-state index in [1.165, 1.54) is 24.3 Å². The molecule has 0 atom stereocenters. The average Bonchev–Trinajstić information content (AvgIpc) is 2.68. The highest BCUT2D eigenvalue weighted by Crippen LogP contribution is 2.24. The van der Waals surface area contributed by atoms with Crippen molar-refractivity contribution in [3.05, 3.63) is 36.2 Å². The first-order valence-corrected chi connectivity index (χ1v) is 13.4. The predicted molar refractivity (Wildman–Crippen MR) is 121 cm³/mol. The minimum Gasteiger partial charge on any atom is -0.367 e. The van der Waals surface area contributed by atoms with Gasteiger partial charge in [-0.15, -0.1) is 0 Å². The van der Waals surface area contributed by atoms with Gasteiger partial charge in [0.2, 0.25) is 10.0 Å². The van der Waals surface area contributed by atoms with Gasteiger partial charge in [-0.05, 0) is 56.9 Å². The molecule has 1 fully saturated rings. The second kappa shape index (κ2) is 9.09. The van der Waals surface area contributed by atoms with Crippen molar-refractivity contribution in [3.63, 3.8) is 0 Å². The van der Waals surface area contributed by atoms with E-state index >= 15 is 0 Å². The van der Waals surface area contributed by atoms with Crippen molar-refractivity contribution < 1.29 is 16.8 Å². The molecule has 170 valence electrons. The van der Waals surface area contributed by atoms with Crippen LogP contribution in [0.1, 0.15) is 31.5 Å². The van der Waals surface area contributed by atoms with Gasteiger partial charge in [0.25, 0.3) is 0 Å². The number of nitrogens with zero attached hydrogens (tertiary/aromatic N) is 3. The third-order valence-electron chi connectivity index (χ3n) is 5.25. The molecule has 0 radical (unpaired) electrons. The maximum atomic E-state index is 12.7. The van der Waals surface area contributed by atoms with Gasteiger partial charge in [0.1, 0.15) is 17.5 Å². The summed E-state index contributed by atoms with van der Waals surface area (Å²) in [6.45, 7) is 1.85. The Morgan fingerprint density at radius 2 is 1.45 bits per heavy atom. The van der Waals surface area contributed by atoms with Crippen molar-refractivity contribution >= 4 is 31.5 Å². The number of benzene rings is 1. The first kappa shape index (κ1) is 23.4. The van der Waals surface area contributed by atoms with Crippen molar-refractivity contribution in [2.24, 2.45) is 0 Å². The standard InChI is InChI=1S/C20H29N5O4S2/c1-14-21-19(13-20(22-14)25(2)3)23-15-5-7-16(8-6-15)24-31(28,29)18-11-9-17(10-12-18)30(4,26)27/h9-13,15-16,24H,5-8H2,1-4H3,(H,21,22,23). The number of hydrogen-bond acceptors (Lipinski definition) is 8. The zero-order chi connectivity index (χ0) is 22.8. The zero-order valence-corrected chi connectivity index (χ0v) is 19.8. The molecule has 0 saturated heterocycles. The summed E-state index contributed by atoms with van der Waals surface area (Å²) in [4.78, 5) is 10.9. The lowest BCUT2D eigenvalue weighted by Gasteiger charge is -2.30. The molecule has 1 saturated carbocycles. The van der Waals surface area contributed by atoms with E-state index in [-0.39, 0.29) is 21.9 Å². The maximum Gasteiger partial charge on any atom is 0.240 e. The molecule has 11 heteroatoms. The third kappa shape index (κ3) is 6.14. The lowest BCUT2D eigenvalue weighted by Crippen LogP contribution is -2.40. The predicted octanol–water partition coefficient (Wildman–Crippen LogP) is 1.96. The van der Waals surface area contributed by atoms with Crippen molar-refractivity contribution in [1.82, 2.24) is 14.7 Å². The van der Waals surface area contributed by atoms with Gasteiger partial charge in [0.15, 0.2) is 9.84 Å². The molecule has 31 heavy (non-hydrogen) atoms. The fourth-order valence-electron chi connectivity index (χ4n) is 3.57. The Kier molecular flexibility index (Phi) is 6.87. The summed E-state index contributed by atoms with van der Waals surface area (Å²) in [5, 5.41) is 3.44. The van der Waals surface area contributed by atoms with Crippen LogP contribution in [0.5, 0.6) is 0 Å². The summed E-state index contributed by atoms with van der Waals surface area (Å²) in [6.07, 6.45) is 4.10. The van der Waals surface area contributed by atoms with Crippen molar-refractivity contribution in [1.29, 1.82) is 0 Å². The van der Waals surface area contributed by atoms with Gasteiger partial charge in [-0.25, -0.2) is 31.5 Å². The van der Waals surface area contributed by atoms with Crippen LogP contribution in [0, 0.1) is 6.92 Å². The second-order valence-electron chi connectivity index (χ2n) is 8.11. The summed E-state index contributed by atoms with van der Waals surface area (Å²) in [5.74, 6) is 2.29. The molecule has 0 aliphatic heterocycles. The van der Waals surface area contributed by atoms with E-state index in [1.54, 1.807) is 0 Å². The summed E-state index contributed by atoms with van der Waals surface area (Å²) in [6, 6.07) is 7.23. The molecule has 3 rings (SSSR count). The Morgan fingerprint density at radius 1 is 0.903 bits per heavy atom. The van der Waals surface area contributed by atoms with Crippen LogP contribution < -0.4 is 14.9 Å². The molecule has 1 aliphatic rings. The topological polar surface area (TPSA) is 121 Å². The van der Waals surface area contributed by atoms with E-state index in [0.29, 0.717) is 18.7 Å². The number of aromatic nitrogens is 2. The van der Waals surface area contributed by atoms with Crippen LogP contribution in [0.2, 0.25) is 0 Å². The highest BCUT2D eigenvalue weighted by atomic mass is 32.2. The summed E-state index contributed by atoms with van der Waals surface area (Å²) < 4.78 is 51.2. The van der Waals surface area contributed by atoms with E-state index in [4.69, 9.17) is 0 Å². The first-order chi connectivity index (χ1) is 14.4. The molecule has 1 aromatic heterocycles. The number of anilines is 2. The number of rotatable bonds is 7. The Labute approximate surface area is 184 Å². The van der Waals surface area contributed by atoms with E-state index < -0.39 is 19.9 Å². The molecule has 1 heterocycles.